The van der Waals surface area contributed by atoms with Gasteiger partial charge in [-0.05, 0) is 54.1 Å². The molecule has 0 aliphatic rings. The molecule has 0 radical (unpaired) electrons. The third-order valence-corrected chi connectivity index (χ3v) is 6.48. The monoisotopic (exact) mass is 455 g/mol. The zero-order valence-electron chi connectivity index (χ0n) is 17.9. The summed E-state index contributed by atoms with van der Waals surface area (Å²) >= 11 is 1.25. The number of thioether (sulfide) groups is 1. The van der Waals surface area contributed by atoms with Crippen LogP contribution < -0.4 is 10.9 Å². The van der Waals surface area contributed by atoms with Gasteiger partial charge in [-0.15, -0.1) is 0 Å². The summed E-state index contributed by atoms with van der Waals surface area (Å²) in [5.74, 6) is 0.478. The number of aromatic nitrogens is 2. The number of benzene rings is 3. The number of amides is 1. The number of anilines is 1. The highest BCUT2D eigenvalue weighted by atomic mass is 32.2. The third kappa shape index (κ3) is 4.40. The fourth-order valence-corrected chi connectivity index (χ4v) is 4.57. The Hall–Kier alpha value is -3.84. The molecule has 2 heterocycles. The van der Waals surface area contributed by atoms with Crippen LogP contribution in [-0.4, -0.2) is 20.7 Å². The first-order valence-corrected chi connectivity index (χ1v) is 11.4. The van der Waals surface area contributed by atoms with E-state index >= 15 is 0 Å². The van der Waals surface area contributed by atoms with Crippen molar-refractivity contribution in [1.29, 1.82) is 0 Å². The largest absolute Gasteiger partial charge is 0.467 e. The van der Waals surface area contributed by atoms with Gasteiger partial charge in [0.25, 0.3) is 5.56 Å². The first-order chi connectivity index (χ1) is 16.1. The number of carbonyl (C=O) groups is 1. The number of hydrogen-bond acceptors (Lipinski definition) is 5. The molecule has 0 fully saturated rings. The Morgan fingerprint density at radius 1 is 1.03 bits per heavy atom. The van der Waals surface area contributed by atoms with Crippen molar-refractivity contribution in [3.8, 4) is 0 Å². The number of nitrogens with zero attached hydrogens (tertiary/aromatic N) is 2. The Bertz CT molecular complexity index is 1510. The first-order valence-electron chi connectivity index (χ1n) is 10.6. The van der Waals surface area contributed by atoms with Gasteiger partial charge in [0.2, 0.25) is 5.91 Å². The van der Waals surface area contributed by atoms with Gasteiger partial charge in [0.15, 0.2) is 5.16 Å². The van der Waals surface area contributed by atoms with Crippen molar-refractivity contribution in [3.05, 3.63) is 101 Å². The molecule has 5 rings (SSSR count). The molecule has 6 nitrogen and oxygen atoms in total. The van der Waals surface area contributed by atoms with Crippen molar-refractivity contribution in [2.75, 3.05) is 5.32 Å². The molecule has 33 heavy (non-hydrogen) atoms. The molecule has 1 atom stereocenters. The van der Waals surface area contributed by atoms with E-state index in [4.69, 9.17) is 9.40 Å². The third-order valence-electron chi connectivity index (χ3n) is 5.39. The van der Waals surface area contributed by atoms with Crippen LogP contribution in [0.15, 0.2) is 99.5 Å². The van der Waals surface area contributed by atoms with Crippen LogP contribution in [0.1, 0.15) is 12.7 Å². The van der Waals surface area contributed by atoms with E-state index in [9.17, 15) is 9.59 Å². The first kappa shape index (κ1) is 21.0. The molecular formula is C26H21N3O3S. The maximum absolute atomic E-state index is 13.2. The Morgan fingerprint density at radius 2 is 1.82 bits per heavy atom. The van der Waals surface area contributed by atoms with Crippen LogP contribution in [0.2, 0.25) is 0 Å². The second kappa shape index (κ2) is 8.96. The van der Waals surface area contributed by atoms with Crippen molar-refractivity contribution >= 4 is 45.0 Å². The second-order valence-corrected chi connectivity index (χ2v) is 9.00. The van der Waals surface area contributed by atoms with Crippen LogP contribution in [-0.2, 0) is 11.3 Å². The summed E-state index contributed by atoms with van der Waals surface area (Å²) < 4.78 is 7.01. The minimum Gasteiger partial charge on any atom is -0.467 e. The highest BCUT2D eigenvalue weighted by Crippen LogP contribution is 2.25. The van der Waals surface area contributed by atoms with Gasteiger partial charge in [-0.3, -0.25) is 14.2 Å². The van der Waals surface area contributed by atoms with E-state index in [-0.39, 0.29) is 18.0 Å². The van der Waals surface area contributed by atoms with Gasteiger partial charge in [-0.25, -0.2) is 4.98 Å². The van der Waals surface area contributed by atoms with Crippen LogP contribution >= 0.6 is 11.8 Å². The number of fused-ring (bicyclic) bond motifs is 2. The van der Waals surface area contributed by atoms with E-state index in [1.165, 1.54) is 11.8 Å². The lowest BCUT2D eigenvalue weighted by Crippen LogP contribution is -2.27. The number of para-hydroxylation sites is 1. The van der Waals surface area contributed by atoms with Crippen LogP contribution in [0.25, 0.3) is 21.7 Å². The van der Waals surface area contributed by atoms with Crippen LogP contribution in [0.4, 0.5) is 5.69 Å². The summed E-state index contributed by atoms with van der Waals surface area (Å²) in [6.45, 7) is 2.05. The molecule has 0 aliphatic carbocycles. The molecule has 5 aromatic rings. The maximum atomic E-state index is 13.2. The van der Waals surface area contributed by atoms with Gasteiger partial charge >= 0.3 is 0 Å². The highest BCUT2D eigenvalue weighted by Gasteiger charge is 2.20. The minimum absolute atomic E-state index is 0.165. The average Bonchev–Trinajstić information content (AvgIpc) is 3.35. The van der Waals surface area contributed by atoms with Crippen molar-refractivity contribution in [2.45, 2.75) is 23.9 Å². The van der Waals surface area contributed by atoms with Gasteiger partial charge in [-0.2, -0.15) is 0 Å². The molecule has 3 aromatic carbocycles. The number of furan rings is 1. The van der Waals surface area contributed by atoms with Gasteiger partial charge in [-0.1, -0.05) is 54.2 Å². The summed E-state index contributed by atoms with van der Waals surface area (Å²) in [5, 5.41) is 5.66. The van der Waals surface area contributed by atoms with E-state index < -0.39 is 5.25 Å². The molecule has 1 N–H and O–H groups in total. The Balaban J connectivity index is 1.43. The number of nitrogens with one attached hydrogen (secondary N) is 1. The number of hydrogen-bond donors (Lipinski definition) is 1. The Labute approximate surface area is 194 Å². The summed E-state index contributed by atoms with van der Waals surface area (Å²) in [7, 11) is 0. The molecule has 164 valence electrons. The molecule has 1 unspecified atom stereocenters. The van der Waals surface area contributed by atoms with Crippen molar-refractivity contribution < 1.29 is 9.21 Å². The number of rotatable bonds is 6. The standard InChI is InChI=1S/C26H21N3O3S/c1-17(24(30)27-20-13-12-18-7-2-3-8-19(18)15-20)33-26-28-23-11-5-4-10-22(23)25(31)29(26)16-21-9-6-14-32-21/h2-15,17H,16H2,1H3,(H,27,30). The molecular weight excluding hydrogens is 434 g/mol. The topological polar surface area (TPSA) is 77.1 Å². The van der Waals surface area contributed by atoms with Crippen LogP contribution in [0, 0.1) is 0 Å². The SMILES string of the molecule is CC(Sc1nc2ccccc2c(=O)n1Cc1ccco1)C(=O)Nc1ccc2ccccc2c1. The van der Waals surface area contributed by atoms with E-state index in [0.717, 1.165) is 16.5 Å². The Kier molecular flexibility index (Phi) is 5.71. The van der Waals surface area contributed by atoms with Crippen molar-refractivity contribution in [1.82, 2.24) is 9.55 Å². The highest BCUT2D eigenvalue weighted by molar-refractivity contribution is 8.00. The summed E-state index contributed by atoms with van der Waals surface area (Å²) in [6.07, 6.45) is 1.57. The molecule has 0 aliphatic heterocycles. The molecule has 2 aromatic heterocycles. The van der Waals surface area contributed by atoms with E-state index in [0.29, 0.717) is 21.8 Å². The van der Waals surface area contributed by atoms with Gasteiger partial charge < -0.3 is 9.73 Å². The summed E-state index contributed by atoms with van der Waals surface area (Å²) in [4.78, 5) is 30.9. The molecule has 0 spiro atoms. The smallest absolute Gasteiger partial charge is 0.262 e. The van der Waals surface area contributed by atoms with Crippen LogP contribution in [0.5, 0.6) is 0 Å². The zero-order chi connectivity index (χ0) is 22.8. The van der Waals surface area contributed by atoms with Crippen LogP contribution in [0.3, 0.4) is 0 Å². The second-order valence-electron chi connectivity index (χ2n) is 7.69. The van der Waals surface area contributed by atoms with Gasteiger partial charge in [0.05, 0.1) is 29.0 Å². The maximum Gasteiger partial charge on any atom is 0.262 e. The normalized spacial score (nSPS) is 12.2. The van der Waals surface area contributed by atoms with Crippen molar-refractivity contribution in [3.63, 3.8) is 0 Å². The lowest BCUT2D eigenvalue weighted by atomic mass is 10.1. The zero-order valence-corrected chi connectivity index (χ0v) is 18.7. The quantitative estimate of drug-likeness (QED) is 0.277. The lowest BCUT2D eigenvalue weighted by molar-refractivity contribution is -0.115. The fraction of sp³-hybridized carbons (Fsp3) is 0.115. The van der Waals surface area contributed by atoms with Crippen molar-refractivity contribution in [2.24, 2.45) is 0 Å². The molecule has 0 bridgehead atoms. The van der Waals surface area contributed by atoms with Gasteiger partial charge in [0, 0.05) is 5.69 Å². The van der Waals surface area contributed by atoms with E-state index in [1.807, 2.05) is 60.7 Å². The predicted octanol–water partition coefficient (Wildman–Crippen LogP) is 5.31. The summed E-state index contributed by atoms with van der Waals surface area (Å²) in [5.41, 5.74) is 1.16. The average molecular weight is 456 g/mol. The minimum atomic E-state index is -0.479. The molecule has 0 saturated carbocycles. The molecule has 0 saturated heterocycles. The predicted molar refractivity (Wildman–Crippen MR) is 132 cm³/mol. The Morgan fingerprint density at radius 3 is 2.64 bits per heavy atom. The van der Waals surface area contributed by atoms with Gasteiger partial charge in [0.1, 0.15) is 5.76 Å². The fourth-order valence-electron chi connectivity index (χ4n) is 3.66. The summed E-state index contributed by atoms with van der Waals surface area (Å²) in [6, 6.07) is 24.6. The van der Waals surface area contributed by atoms with E-state index in [1.54, 1.807) is 36.0 Å². The molecule has 7 heteroatoms. The molecule has 1 amide bonds. The lowest BCUT2D eigenvalue weighted by Gasteiger charge is -2.16. The number of carbonyl (C=O) groups excluding carboxylic acids is 1. The van der Waals surface area contributed by atoms with E-state index in [2.05, 4.69) is 5.32 Å².